The highest BCUT2D eigenvalue weighted by Gasteiger charge is 2.39. The highest BCUT2D eigenvalue weighted by atomic mass is 16.7. The maximum atomic E-state index is 14.4. The van der Waals surface area contributed by atoms with Crippen LogP contribution < -0.4 is 26.3 Å². The van der Waals surface area contributed by atoms with E-state index in [2.05, 4.69) is 11.9 Å². The summed E-state index contributed by atoms with van der Waals surface area (Å²) in [6.45, 7) is 4.01. The minimum Gasteiger partial charge on any atom is -0.454 e. The van der Waals surface area contributed by atoms with Crippen LogP contribution in [0.3, 0.4) is 0 Å². The lowest BCUT2D eigenvalue weighted by Gasteiger charge is -2.34. The van der Waals surface area contributed by atoms with Crippen molar-refractivity contribution in [1.29, 1.82) is 0 Å². The molecule has 20 nitrogen and oxygen atoms in total. The fourth-order valence-electron chi connectivity index (χ4n) is 7.60. The average molecular weight is 908 g/mol. The van der Waals surface area contributed by atoms with E-state index in [0.717, 1.165) is 16.0 Å². The Morgan fingerprint density at radius 2 is 1.55 bits per heavy atom. The van der Waals surface area contributed by atoms with Gasteiger partial charge in [-0.05, 0) is 62.4 Å². The van der Waals surface area contributed by atoms with Gasteiger partial charge in [0.15, 0.2) is 11.5 Å². The third-order valence-electron chi connectivity index (χ3n) is 11.1. The van der Waals surface area contributed by atoms with Crippen molar-refractivity contribution >= 4 is 41.4 Å². The van der Waals surface area contributed by atoms with Crippen LogP contribution in [0.1, 0.15) is 49.8 Å². The molecule has 0 radical (unpaired) electrons. The topological polar surface area (TPSA) is 251 Å². The first-order valence-electron chi connectivity index (χ1n) is 21.9. The monoisotopic (exact) mass is 907 g/mol. The number of aliphatic hydroxyl groups is 1. The highest BCUT2D eigenvalue weighted by molar-refractivity contribution is 5.94. The van der Waals surface area contributed by atoms with Crippen molar-refractivity contribution in [3.63, 3.8) is 0 Å². The maximum absolute atomic E-state index is 14.4. The van der Waals surface area contributed by atoms with E-state index in [-0.39, 0.29) is 65.1 Å². The van der Waals surface area contributed by atoms with Gasteiger partial charge >= 0.3 is 0 Å². The largest absolute Gasteiger partial charge is 0.454 e. The molecule has 0 aromatic heterocycles. The summed E-state index contributed by atoms with van der Waals surface area (Å²) >= 11 is 0. The van der Waals surface area contributed by atoms with Crippen LogP contribution in [-0.2, 0) is 44.8 Å². The molecule has 0 unspecified atom stereocenters. The summed E-state index contributed by atoms with van der Waals surface area (Å²) < 4.78 is 16.2. The van der Waals surface area contributed by atoms with Crippen LogP contribution in [0.25, 0.3) is 0 Å². The van der Waals surface area contributed by atoms with Crippen LogP contribution in [0.2, 0.25) is 0 Å². The minimum absolute atomic E-state index is 0.000437. The Balaban J connectivity index is 1.47. The lowest BCUT2D eigenvalue weighted by atomic mass is 10.1. The Hall–Kier alpha value is -6.09. The number of nitrogens with one attached hydrogen (secondary N) is 1. The molecule has 6 N–H and O–H groups in total. The molecule has 4 rings (SSSR count). The Kier molecular flexibility index (Phi) is 21.1. The Morgan fingerprint density at radius 3 is 2.23 bits per heavy atom. The van der Waals surface area contributed by atoms with E-state index in [9.17, 15) is 38.7 Å². The van der Waals surface area contributed by atoms with Gasteiger partial charge < -0.3 is 65.5 Å². The predicted molar refractivity (Wildman–Crippen MR) is 239 cm³/mol. The fourth-order valence-corrected chi connectivity index (χ4v) is 7.60. The lowest BCUT2D eigenvalue weighted by Crippen LogP contribution is -2.54. The number of nitrogens with two attached hydrogens (primary N) is 2. The van der Waals surface area contributed by atoms with Crippen molar-refractivity contribution in [2.45, 2.75) is 51.2 Å². The van der Waals surface area contributed by atoms with Crippen molar-refractivity contribution < 1.29 is 52.9 Å². The lowest BCUT2D eigenvalue weighted by molar-refractivity contribution is -0.150. The van der Waals surface area contributed by atoms with Crippen molar-refractivity contribution in [3.05, 3.63) is 72.3 Å². The molecular formula is C45H65N9O11. The zero-order valence-corrected chi connectivity index (χ0v) is 37.6. The number of ether oxygens (including phenoxy) is 3. The molecule has 2 aliphatic rings. The number of likely N-dealkylation sites (tertiary alicyclic amines) is 1. The summed E-state index contributed by atoms with van der Waals surface area (Å²) in [7, 11) is 1.45. The molecule has 2 heterocycles. The van der Waals surface area contributed by atoms with E-state index in [1.54, 1.807) is 6.07 Å². The number of hydrogen-bond acceptors (Lipinski definition) is 13. The van der Waals surface area contributed by atoms with Crippen molar-refractivity contribution in [3.8, 4) is 11.5 Å². The molecule has 65 heavy (non-hydrogen) atoms. The third-order valence-corrected chi connectivity index (χ3v) is 11.1. The Morgan fingerprint density at radius 1 is 0.877 bits per heavy atom. The van der Waals surface area contributed by atoms with Crippen molar-refractivity contribution in [2.75, 3.05) is 106 Å². The van der Waals surface area contributed by atoms with Gasteiger partial charge in [-0.2, -0.15) is 0 Å². The van der Waals surface area contributed by atoms with Crippen LogP contribution in [-0.4, -0.2) is 188 Å². The number of carbonyl (C=O) groups is 7. The van der Waals surface area contributed by atoms with Crippen LogP contribution in [0.4, 0.5) is 0 Å². The molecule has 20 heteroatoms. The van der Waals surface area contributed by atoms with E-state index in [1.165, 1.54) is 37.7 Å². The summed E-state index contributed by atoms with van der Waals surface area (Å²) in [5.41, 5.74) is 12.7. The quantitative estimate of drug-likeness (QED) is 0.0619. The smallest absolute Gasteiger partial charge is 0.245 e. The molecule has 2 aromatic rings. The molecule has 0 aliphatic carbocycles. The first kappa shape index (κ1) is 51.5. The van der Waals surface area contributed by atoms with E-state index in [0.29, 0.717) is 50.3 Å². The number of unbranched alkanes of at least 4 members (excludes halogenated alkanes) is 1. The van der Waals surface area contributed by atoms with Gasteiger partial charge in [-0.3, -0.25) is 33.6 Å². The summed E-state index contributed by atoms with van der Waals surface area (Å²) in [6, 6.07) is 13.4. The second kappa shape index (κ2) is 26.6. The number of nitrogens with zero attached hydrogens (tertiary/aromatic N) is 6. The third kappa shape index (κ3) is 15.5. The van der Waals surface area contributed by atoms with Crippen LogP contribution in [0.15, 0.2) is 61.2 Å². The zero-order valence-electron chi connectivity index (χ0n) is 37.6. The second-order valence-corrected chi connectivity index (χ2v) is 15.8. The summed E-state index contributed by atoms with van der Waals surface area (Å²) in [4.78, 5) is 103. The fraction of sp³-hybridized carbons (Fsp3) is 0.533. The number of aliphatic hydroxyl groups excluding tert-OH is 1. The number of rotatable bonds is 28. The molecule has 2 atom stereocenters. The van der Waals surface area contributed by atoms with E-state index >= 15 is 0 Å². The van der Waals surface area contributed by atoms with Crippen molar-refractivity contribution in [2.24, 2.45) is 11.5 Å². The van der Waals surface area contributed by atoms with Crippen LogP contribution >= 0.6 is 0 Å². The second-order valence-electron chi connectivity index (χ2n) is 15.8. The van der Waals surface area contributed by atoms with Gasteiger partial charge in [0, 0.05) is 46.4 Å². The molecule has 2 aromatic carbocycles. The molecule has 1 saturated heterocycles. The first-order chi connectivity index (χ1) is 31.3. The first-order valence-corrected chi connectivity index (χ1v) is 21.9. The van der Waals surface area contributed by atoms with E-state index < -0.39 is 80.3 Å². The van der Waals surface area contributed by atoms with Crippen LogP contribution in [0, 0.1) is 0 Å². The highest BCUT2D eigenvalue weighted by Crippen LogP contribution is 2.32. The van der Waals surface area contributed by atoms with Gasteiger partial charge in [0.25, 0.3) is 0 Å². The number of carbonyl (C=O) groups excluding carboxylic acids is 7. The van der Waals surface area contributed by atoms with Gasteiger partial charge in [-0.25, -0.2) is 0 Å². The molecule has 0 bridgehead atoms. The number of amides is 7. The standard InChI is InChI=1S/C45H65N9O11/c1-4-17-49(28-41(58)50(18-9-8-16-46)29-42(59)51(20-22-55)27-39(47)56)43(60)30-52(21-23-63-3)45(62)36-13-10-19-53(36)44(61)31-54(33(2)35-11-6-5-7-12-35)40(57)26-48-25-34-14-15-37-38(24-34)65-32-64-37/h4-7,11-12,14-15,24,33,36,48,55H,1,8-10,13,16-23,25-32,46H2,2-3H3,(H2,47,56)/t33-,36+/m1/s1. The van der Waals surface area contributed by atoms with Gasteiger partial charge in [0.2, 0.25) is 48.1 Å². The SMILES string of the molecule is C=CCN(CC(=O)N(CCCCN)CC(=O)N(CCO)CC(N)=O)C(=O)CN(CCOC)C(=O)[C@@H]1CCCN1C(=O)CN(C(=O)CNCc1ccc2c(c1)OCO2)[C@H](C)c1ccccc1. The maximum Gasteiger partial charge on any atom is 0.245 e. The molecule has 1 fully saturated rings. The van der Waals surface area contributed by atoms with Gasteiger partial charge in [0.05, 0.1) is 45.4 Å². The number of fused-ring (bicyclic) bond motifs is 1. The van der Waals surface area contributed by atoms with Crippen LogP contribution in [0.5, 0.6) is 11.5 Å². The summed E-state index contributed by atoms with van der Waals surface area (Å²) in [5, 5.41) is 12.6. The molecule has 2 aliphatic heterocycles. The summed E-state index contributed by atoms with van der Waals surface area (Å²) in [6.07, 6.45) is 3.27. The number of benzene rings is 2. The normalized spacial score (nSPS) is 14.3. The average Bonchev–Trinajstić information content (AvgIpc) is 3.99. The zero-order chi connectivity index (χ0) is 47.3. The molecular weight excluding hydrogens is 843 g/mol. The minimum atomic E-state index is -0.930. The molecule has 0 spiro atoms. The molecule has 0 saturated carbocycles. The van der Waals surface area contributed by atoms with E-state index in [1.807, 2.05) is 49.4 Å². The predicted octanol–water partition coefficient (Wildman–Crippen LogP) is -0.551. The van der Waals surface area contributed by atoms with Gasteiger partial charge in [-0.1, -0.05) is 42.5 Å². The Bertz CT molecular complexity index is 1940. The Labute approximate surface area is 380 Å². The summed E-state index contributed by atoms with van der Waals surface area (Å²) in [5.74, 6) is -2.55. The van der Waals surface area contributed by atoms with E-state index in [4.69, 9.17) is 25.7 Å². The van der Waals surface area contributed by atoms with Gasteiger partial charge in [0.1, 0.15) is 19.1 Å². The molecule has 7 amide bonds. The van der Waals surface area contributed by atoms with Crippen molar-refractivity contribution in [1.82, 2.24) is 34.7 Å². The number of methoxy groups -OCH3 is 1. The molecule has 356 valence electrons. The van der Waals surface area contributed by atoms with Gasteiger partial charge in [-0.15, -0.1) is 6.58 Å². The number of primary amides is 1. The number of hydrogen-bond donors (Lipinski definition) is 4.